The van der Waals surface area contributed by atoms with E-state index in [-0.39, 0.29) is 11.8 Å². The van der Waals surface area contributed by atoms with Gasteiger partial charge in [0.25, 0.3) is 0 Å². The number of hydrogen-bond acceptors (Lipinski definition) is 3. The molecule has 15 heavy (non-hydrogen) atoms. The van der Waals surface area contributed by atoms with Crippen molar-refractivity contribution < 1.29 is 4.79 Å². The molecule has 0 fully saturated rings. The standard InChI is InChI=1S/C10H15ClN2OS/c1-6(2)9(12)10(14)13-5-7-3-4-8(11)15-7/h3-4,6,9H,5,12H2,1-2H3,(H,13,14). The van der Waals surface area contributed by atoms with Gasteiger partial charge in [-0.1, -0.05) is 25.4 Å². The van der Waals surface area contributed by atoms with Crippen LogP contribution in [0.1, 0.15) is 18.7 Å². The van der Waals surface area contributed by atoms with Gasteiger partial charge in [-0.25, -0.2) is 0 Å². The summed E-state index contributed by atoms with van der Waals surface area (Å²) < 4.78 is 0.729. The summed E-state index contributed by atoms with van der Waals surface area (Å²) in [4.78, 5) is 12.5. The van der Waals surface area contributed by atoms with Gasteiger partial charge >= 0.3 is 0 Å². The number of amides is 1. The molecule has 1 heterocycles. The van der Waals surface area contributed by atoms with Crippen molar-refractivity contribution in [3.05, 3.63) is 21.3 Å². The van der Waals surface area contributed by atoms with E-state index in [9.17, 15) is 4.79 Å². The Balaban J connectivity index is 2.40. The van der Waals surface area contributed by atoms with E-state index in [0.717, 1.165) is 9.21 Å². The van der Waals surface area contributed by atoms with Gasteiger partial charge in [-0.15, -0.1) is 11.3 Å². The van der Waals surface area contributed by atoms with Crippen molar-refractivity contribution in [3.8, 4) is 0 Å². The van der Waals surface area contributed by atoms with Gasteiger partial charge in [-0.3, -0.25) is 4.79 Å². The van der Waals surface area contributed by atoms with Crippen LogP contribution >= 0.6 is 22.9 Å². The number of thiophene rings is 1. The number of carbonyl (C=O) groups is 1. The normalized spacial score (nSPS) is 12.9. The molecule has 3 N–H and O–H groups in total. The van der Waals surface area contributed by atoms with Crippen LogP contribution in [0.15, 0.2) is 12.1 Å². The van der Waals surface area contributed by atoms with Crippen molar-refractivity contribution in [3.63, 3.8) is 0 Å². The topological polar surface area (TPSA) is 55.1 Å². The number of nitrogens with two attached hydrogens (primary N) is 1. The zero-order valence-electron chi connectivity index (χ0n) is 8.79. The molecule has 1 aromatic rings. The molecule has 0 aromatic carbocycles. The van der Waals surface area contributed by atoms with E-state index in [1.165, 1.54) is 11.3 Å². The van der Waals surface area contributed by atoms with Crippen LogP contribution in [-0.4, -0.2) is 11.9 Å². The van der Waals surface area contributed by atoms with E-state index in [1.54, 1.807) is 0 Å². The highest BCUT2D eigenvalue weighted by atomic mass is 35.5. The number of rotatable bonds is 4. The summed E-state index contributed by atoms with van der Waals surface area (Å²) in [6.07, 6.45) is 0. The lowest BCUT2D eigenvalue weighted by Gasteiger charge is -2.14. The Labute approximate surface area is 98.6 Å². The Morgan fingerprint density at radius 1 is 1.60 bits per heavy atom. The predicted octanol–water partition coefficient (Wildman–Crippen LogP) is 2.00. The maximum atomic E-state index is 11.5. The van der Waals surface area contributed by atoms with E-state index >= 15 is 0 Å². The van der Waals surface area contributed by atoms with Crippen molar-refractivity contribution in [1.29, 1.82) is 0 Å². The number of hydrogen-bond donors (Lipinski definition) is 2. The molecule has 1 atom stereocenters. The molecule has 1 aromatic heterocycles. The van der Waals surface area contributed by atoms with Crippen LogP contribution in [-0.2, 0) is 11.3 Å². The monoisotopic (exact) mass is 246 g/mol. The maximum absolute atomic E-state index is 11.5. The third kappa shape index (κ3) is 3.81. The van der Waals surface area contributed by atoms with Crippen molar-refractivity contribution >= 4 is 28.8 Å². The predicted molar refractivity (Wildman–Crippen MR) is 64.0 cm³/mol. The van der Waals surface area contributed by atoms with Crippen molar-refractivity contribution in [1.82, 2.24) is 5.32 Å². The summed E-state index contributed by atoms with van der Waals surface area (Å²) in [5.41, 5.74) is 5.69. The van der Waals surface area contributed by atoms with Crippen LogP contribution in [0.3, 0.4) is 0 Å². The molecule has 0 aliphatic carbocycles. The summed E-state index contributed by atoms with van der Waals surface area (Å²) in [5.74, 6) is 0.0337. The fraction of sp³-hybridized carbons (Fsp3) is 0.500. The van der Waals surface area contributed by atoms with Crippen molar-refractivity contribution in [2.75, 3.05) is 0 Å². The molecule has 0 spiro atoms. The van der Waals surface area contributed by atoms with Crippen molar-refractivity contribution in [2.24, 2.45) is 11.7 Å². The number of nitrogens with one attached hydrogen (secondary N) is 1. The largest absolute Gasteiger partial charge is 0.350 e. The average Bonchev–Trinajstić information content (AvgIpc) is 2.59. The molecular formula is C10H15ClN2OS. The molecule has 0 aliphatic heterocycles. The van der Waals surface area contributed by atoms with Gasteiger partial charge in [0.05, 0.1) is 16.9 Å². The molecule has 0 saturated heterocycles. The Hall–Kier alpha value is -0.580. The van der Waals surface area contributed by atoms with Crippen molar-refractivity contribution in [2.45, 2.75) is 26.4 Å². The van der Waals surface area contributed by atoms with Gasteiger partial charge < -0.3 is 11.1 Å². The van der Waals surface area contributed by atoms with E-state index in [2.05, 4.69) is 5.32 Å². The number of carbonyl (C=O) groups excluding carboxylic acids is 1. The summed E-state index contributed by atoms with van der Waals surface area (Å²) in [5, 5.41) is 2.78. The lowest BCUT2D eigenvalue weighted by atomic mass is 10.1. The minimum atomic E-state index is -0.444. The molecule has 0 aliphatic rings. The van der Waals surface area contributed by atoms with Crippen LogP contribution in [0.25, 0.3) is 0 Å². The molecule has 1 amide bonds. The molecule has 3 nitrogen and oxygen atoms in total. The van der Waals surface area contributed by atoms with E-state index in [1.807, 2.05) is 26.0 Å². The van der Waals surface area contributed by atoms with Gasteiger partial charge in [-0.2, -0.15) is 0 Å². The van der Waals surface area contributed by atoms with Crippen LogP contribution in [0.5, 0.6) is 0 Å². The second kappa shape index (κ2) is 5.49. The highest BCUT2D eigenvalue weighted by molar-refractivity contribution is 7.16. The van der Waals surface area contributed by atoms with Gasteiger partial charge in [0.15, 0.2) is 0 Å². The first-order chi connectivity index (χ1) is 7.00. The summed E-state index contributed by atoms with van der Waals surface area (Å²) >= 11 is 7.23. The molecule has 84 valence electrons. The Bertz CT molecular complexity index is 338. The van der Waals surface area contributed by atoms with E-state index < -0.39 is 6.04 Å². The molecular weight excluding hydrogens is 232 g/mol. The number of halogens is 1. The highest BCUT2D eigenvalue weighted by Gasteiger charge is 2.16. The molecule has 0 bridgehead atoms. The second-order valence-corrected chi connectivity index (χ2v) is 5.49. The summed E-state index contributed by atoms with van der Waals surface area (Å²) in [7, 11) is 0. The lowest BCUT2D eigenvalue weighted by molar-refractivity contribution is -0.123. The minimum absolute atomic E-state index is 0.116. The zero-order chi connectivity index (χ0) is 11.4. The first kappa shape index (κ1) is 12.5. The van der Waals surface area contributed by atoms with E-state index in [4.69, 9.17) is 17.3 Å². The third-order valence-corrected chi connectivity index (χ3v) is 3.32. The van der Waals surface area contributed by atoms with Crippen LogP contribution in [0, 0.1) is 5.92 Å². The smallest absolute Gasteiger partial charge is 0.237 e. The highest BCUT2D eigenvalue weighted by Crippen LogP contribution is 2.20. The summed E-state index contributed by atoms with van der Waals surface area (Å²) in [6, 6.07) is 3.27. The Kier molecular flexibility index (Phi) is 4.57. The van der Waals surface area contributed by atoms with Gasteiger partial charge in [0.1, 0.15) is 0 Å². The zero-order valence-corrected chi connectivity index (χ0v) is 10.4. The molecule has 1 rings (SSSR count). The minimum Gasteiger partial charge on any atom is -0.350 e. The van der Waals surface area contributed by atoms with Crippen LogP contribution < -0.4 is 11.1 Å². The Morgan fingerprint density at radius 3 is 2.73 bits per heavy atom. The Morgan fingerprint density at radius 2 is 2.27 bits per heavy atom. The van der Waals surface area contributed by atoms with E-state index in [0.29, 0.717) is 6.54 Å². The molecule has 0 saturated carbocycles. The molecule has 1 unspecified atom stereocenters. The van der Waals surface area contributed by atoms with Crippen LogP contribution in [0.2, 0.25) is 4.34 Å². The maximum Gasteiger partial charge on any atom is 0.237 e. The average molecular weight is 247 g/mol. The fourth-order valence-electron chi connectivity index (χ4n) is 1.04. The van der Waals surface area contributed by atoms with Gasteiger partial charge in [0.2, 0.25) is 5.91 Å². The lowest BCUT2D eigenvalue weighted by Crippen LogP contribution is -2.43. The first-order valence-electron chi connectivity index (χ1n) is 4.78. The molecule has 0 radical (unpaired) electrons. The first-order valence-corrected chi connectivity index (χ1v) is 5.97. The van der Waals surface area contributed by atoms with Gasteiger partial charge in [0, 0.05) is 4.88 Å². The fourth-order valence-corrected chi connectivity index (χ4v) is 2.07. The third-order valence-electron chi connectivity index (χ3n) is 2.09. The quantitative estimate of drug-likeness (QED) is 0.854. The van der Waals surface area contributed by atoms with Crippen LogP contribution in [0.4, 0.5) is 0 Å². The second-order valence-electron chi connectivity index (χ2n) is 3.69. The molecule has 5 heteroatoms. The van der Waals surface area contributed by atoms with Gasteiger partial charge in [-0.05, 0) is 18.1 Å². The SMILES string of the molecule is CC(C)C(N)C(=O)NCc1ccc(Cl)s1. The summed E-state index contributed by atoms with van der Waals surface area (Å²) in [6.45, 7) is 4.34.